The lowest BCUT2D eigenvalue weighted by Crippen LogP contribution is -2.42. The molecule has 0 unspecified atom stereocenters. The van der Waals surface area contributed by atoms with Gasteiger partial charge in [0, 0.05) is 30.3 Å². The first-order chi connectivity index (χ1) is 14.4. The summed E-state index contributed by atoms with van der Waals surface area (Å²) in [5, 5.41) is 3.92. The normalized spacial score (nSPS) is 16.1. The van der Waals surface area contributed by atoms with E-state index in [0.29, 0.717) is 25.9 Å². The van der Waals surface area contributed by atoms with E-state index in [-0.39, 0.29) is 17.6 Å². The number of nitrogens with one attached hydrogen (secondary N) is 1. The van der Waals surface area contributed by atoms with Gasteiger partial charge in [-0.1, -0.05) is 6.07 Å². The van der Waals surface area contributed by atoms with Gasteiger partial charge < -0.3 is 5.32 Å². The third kappa shape index (κ3) is 4.40. The fraction of sp³-hybridized carbons (Fsp3) is 0.364. The molecule has 6 nitrogen and oxygen atoms in total. The van der Waals surface area contributed by atoms with Crippen LogP contribution < -0.4 is 5.32 Å². The number of hydrogen-bond acceptors (Lipinski definition) is 5. The zero-order valence-corrected chi connectivity index (χ0v) is 18.7. The first-order valence-corrected chi connectivity index (χ1v) is 12.5. The molecule has 0 aliphatic carbocycles. The van der Waals surface area contributed by atoms with Gasteiger partial charge in [-0.2, -0.15) is 0 Å². The van der Waals surface area contributed by atoms with Gasteiger partial charge in [-0.05, 0) is 68.7 Å². The highest BCUT2D eigenvalue weighted by molar-refractivity contribution is 7.89. The molecule has 0 bridgehead atoms. The van der Waals surface area contributed by atoms with Crippen molar-refractivity contribution in [3.63, 3.8) is 0 Å². The van der Waals surface area contributed by atoms with Gasteiger partial charge in [-0.25, -0.2) is 17.7 Å². The predicted molar refractivity (Wildman–Crippen MR) is 122 cm³/mol. The van der Waals surface area contributed by atoms with Crippen LogP contribution in [0.15, 0.2) is 42.5 Å². The fourth-order valence-electron chi connectivity index (χ4n) is 3.67. The molecule has 1 aromatic heterocycles. The molecule has 2 heterocycles. The molecule has 1 amide bonds. The Morgan fingerprint density at radius 2 is 1.87 bits per heavy atom. The van der Waals surface area contributed by atoms with Crippen LogP contribution in [0.2, 0.25) is 0 Å². The SMILES string of the molecule is CCS(=O)(=O)N1CCC(C(=O)Nc2ccc(-c3nc4ccc(C)cc4s3)cc2)CC1. The summed E-state index contributed by atoms with van der Waals surface area (Å²) in [6, 6.07) is 14.0. The third-order valence-corrected chi connectivity index (χ3v) is 8.48. The molecule has 158 valence electrons. The molecule has 3 aromatic rings. The average Bonchev–Trinajstić information content (AvgIpc) is 3.17. The van der Waals surface area contributed by atoms with Crippen LogP contribution in [-0.2, 0) is 14.8 Å². The van der Waals surface area contributed by atoms with Crippen molar-refractivity contribution in [2.45, 2.75) is 26.7 Å². The van der Waals surface area contributed by atoms with E-state index in [1.807, 2.05) is 30.3 Å². The standard InChI is InChI=1S/C22H25N3O3S2/c1-3-30(27,28)25-12-10-16(11-13-25)21(26)23-18-7-5-17(6-8-18)22-24-19-9-4-15(2)14-20(19)29-22/h4-9,14,16H,3,10-13H2,1-2H3,(H,23,26). The zero-order chi connectivity index (χ0) is 21.3. The van der Waals surface area contributed by atoms with Gasteiger partial charge in [0.15, 0.2) is 0 Å². The molecule has 30 heavy (non-hydrogen) atoms. The van der Waals surface area contributed by atoms with Gasteiger partial charge in [0.25, 0.3) is 0 Å². The van der Waals surface area contributed by atoms with Crippen LogP contribution in [0.5, 0.6) is 0 Å². The summed E-state index contributed by atoms with van der Waals surface area (Å²) in [5.74, 6) is -0.114. The van der Waals surface area contributed by atoms with Crippen LogP contribution in [0.1, 0.15) is 25.3 Å². The number of anilines is 1. The number of aromatic nitrogens is 1. The Balaban J connectivity index is 1.39. The predicted octanol–water partition coefficient (Wildman–Crippen LogP) is 4.27. The van der Waals surface area contributed by atoms with Crippen LogP contribution in [0.25, 0.3) is 20.8 Å². The van der Waals surface area contributed by atoms with E-state index in [0.717, 1.165) is 21.8 Å². The van der Waals surface area contributed by atoms with Gasteiger partial charge in [0.2, 0.25) is 15.9 Å². The van der Waals surface area contributed by atoms with E-state index < -0.39 is 10.0 Å². The minimum atomic E-state index is -3.18. The average molecular weight is 444 g/mol. The number of sulfonamides is 1. The summed E-state index contributed by atoms with van der Waals surface area (Å²) >= 11 is 1.66. The molecule has 0 spiro atoms. The molecule has 1 N–H and O–H groups in total. The van der Waals surface area contributed by atoms with Crippen LogP contribution in [0.4, 0.5) is 5.69 Å². The molecule has 8 heteroatoms. The summed E-state index contributed by atoms with van der Waals surface area (Å²) in [5.41, 5.74) is 3.97. The maximum atomic E-state index is 12.6. The molecule has 0 radical (unpaired) electrons. The minimum absolute atomic E-state index is 0.0493. The Morgan fingerprint density at radius 3 is 2.53 bits per heavy atom. The lowest BCUT2D eigenvalue weighted by molar-refractivity contribution is -0.120. The zero-order valence-electron chi connectivity index (χ0n) is 17.1. The fourth-order valence-corrected chi connectivity index (χ4v) is 5.88. The Labute approximate surface area is 181 Å². The molecule has 1 fully saturated rings. The largest absolute Gasteiger partial charge is 0.326 e. The number of carbonyl (C=O) groups excluding carboxylic acids is 1. The second kappa shape index (κ2) is 8.45. The first-order valence-electron chi connectivity index (χ1n) is 10.1. The van der Waals surface area contributed by atoms with Crippen LogP contribution in [0, 0.1) is 12.8 Å². The Hall–Kier alpha value is -2.29. The number of piperidine rings is 1. The van der Waals surface area contributed by atoms with Crippen LogP contribution in [-0.4, -0.2) is 42.5 Å². The van der Waals surface area contributed by atoms with E-state index in [1.165, 1.54) is 14.6 Å². The van der Waals surface area contributed by atoms with Gasteiger partial charge in [0.05, 0.1) is 16.0 Å². The number of carbonyl (C=O) groups is 1. The number of nitrogens with zero attached hydrogens (tertiary/aromatic N) is 2. The van der Waals surface area contributed by atoms with E-state index >= 15 is 0 Å². The van der Waals surface area contributed by atoms with Gasteiger partial charge in [-0.15, -0.1) is 11.3 Å². The molecule has 1 saturated heterocycles. The molecule has 4 rings (SSSR count). The van der Waals surface area contributed by atoms with Crippen molar-refractivity contribution in [3.8, 4) is 10.6 Å². The maximum absolute atomic E-state index is 12.6. The number of benzene rings is 2. The van der Waals surface area contributed by atoms with Crippen molar-refractivity contribution < 1.29 is 13.2 Å². The quantitative estimate of drug-likeness (QED) is 0.639. The van der Waals surface area contributed by atoms with Gasteiger partial charge in [0.1, 0.15) is 5.01 Å². The highest BCUT2D eigenvalue weighted by Gasteiger charge is 2.30. The Kier molecular flexibility index (Phi) is 5.90. The summed E-state index contributed by atoms with van der Waals surface area (Å²) in [7, 11) is -3.18. The second-order valence-electron chi connectivity index (χ2n) is 7.63. The molecular formula is C22H25N3O3S2. The first kappa shape index (κ1) is 21.0. The summed E-state index contributed by atoms with van der Waals surface area (Å²) < 4.78 is 26.6. The lowest BCUT2D eigenvalue weighted by atomic mass is 9.97. The van der Waals surface area contributed by atoms with Gasteiger partial charge >= 0.3 is 0 Å². The van der Waals surface area contributed by atoms with Crippen molar-refractivity contribution in [2.24, 2.45) is 5.92 Å². The van der Waals surface area contributed by atoms with Crippen LogP contribution in [0.3, 0.4) is 0 Å². The molecule has 1 aliphatic rings. The number of hydrogen-bond donors (Lipinski definition) is 1. The minimum Gasteiger partial charge on any atom is -0.326 e. The number of fused-ring (bicyclic) bond motifs is 1. The second-order valence-corrected chi connectivity index (χ2v) is 10.9. The Morgan fingerprint density at radius 1 is 1.17 bits per heavy atom. The van der Waals surface area contributed by atoms with Crippen molar-refractivity contribution in [2.75, 3.05) is 24.2 Å². The Bertz CT molecular complexity index is 1160. The highest BCUT2D eigenvalue weighted by atomic mass is 32.2. The van der Waals surface area contributed by atoms with Crippen molar-refractivity contribution in [3.05, 3.63) is 48.0 Å². The van der Waals surface area contributed by atoms with E-state index in [9.17, 15) is 13.2 Å². The summed E-state index contributed by atoms with van der Waals surface area (Å²) in [6.07, 6.45) is 1.10. The number of aryl methyl sites for hydroxylation is 1. The van der Waals surface area contributed by atoms with E-state index in [2.05, 4.69) is 24.4 Å². The van der Waals surface area contributed by atoms with Crippen molar-refractivity contribution in [1.82, 2.24) is 9.29 Å². The molecule has 0 atom stereocenters. The van der Waals surface area contributed by atoms with Gasteiger partial charge in [-0.3, -0.25) is 4.79 Å². The third-order valence-electron chi connectivity index (χ3n) is 5.53. The van der Waals surface area contributed by atoms with Crippen molar-refractivity contribution >= 4 is 43.2 Å². The highest BCUT2D eigenvalue weighted by Crippen LogP contribution is 2.31. The smallest absolute Gasteiger partial charge is 0.227 e. The summed E-state index contributed by atoms with van der Waals surface area (Å²) in [6.45, 7) is 4.53. The van der Waals surface area contributed by atoms with E-state index in [4.69, 9.17) is 4.98 Å². The van der Waals surface area contributed by atoms with Crippen LogP contribution >= 0.6 is 11.3 Å². The number of thiazole rings is 1. The molecule has 2 aromatic carbocycles. The number of rotatable bonds is 5. The molecule has 0 saturated carbocycles. The van der Waals surface area contributed by atoms with E-state index in [1.54, 1.807) is 18.3 Å². The van der Waals surface area contributed by atoms with Crippen molar-refractivity contribution in [1.29, 1.82) is 0 Å². The topological polar surface area (TPSA) is 79.4 Å². The lowest BCUT2D eigenvalue weighted by Gasteiger charge is -2.30. The number of amides is 1. The molecular weight excluding hydrogens is 418 g/mol. The summed E-state index contributed by atoms with van der Waals surface area (Å²) in [4.78, 5) is 17.3. The maximum Gasteiger partial charge on any atom is 0.227 e. The molecule has 1 aliphatic heterocycles. The monoisotopic (exact) mass is 443 g/mol.